The zero-order chi connectivity index (χ0) is 15.0. The summed E-state index contributed by atoms with van der Waals surface area (Å²) in [6, 6.07) is 1.80. The Labute approximate surface area is 114 Å². The van der Waals surface area contributed by atoms with Crippen LogP contribution in [0.3, 0.4) is 0 Å². The number of carboxylic acid groups (broad SMARTS) is 1. The minimum atomic E-state index is -1.31. The van der Waals surface area contributed by atoms with Crippen molar-refractivity contribution >= 4 is 17.8 Å². The number of hydrogen-bond donors (Lipinski definition) is 4. The Kier molecular flexibility index (Phi) is 6.24. The lowest BCUT2D eigenvalue weighted by atomic mass is 10.2. The molecule has 0 fully saturated rings. The van der Waals surface area contributed by atoms with Gasteiger partial charge < -0.3 is 25.3 Å². The van der Waals surface area contributed by atoms with E-state index in [-0.39, 0.29) is 24.6 Å². The van der Waals surface area contributed by atoms with Crippen molar-refractivity contribution in [2.75, 3.05) is 13.2 Å². The van der Waals surface area contributed by atoms with Crippen molar-refractivity contribution in [3.05, 3.63) is 24.2 Å². The highest BCUT2D eigenvalue weighted by molar-refractivity contribution is 5.91. The van der Waals surface area contributed by atoms with Crippen LogP contribution in [0.4, 0.5) is 0 Å². The highest BCUT2D eigenvalue weighted by atomic mass is 16.4. The molecule has 0 radical (unpaired) electrons. The van der Waals surface area contributed by atoms with Crippen molar-refractivity contribution in [3.8, 4) is 0 Å². The van der Waals surface area contributed by atoms with Crippen LogP contribution in [0.5, 0.6) is 0 Å². The van der Waals surface area contributed by atoms with E-state index in [2.05, 4.69) is 10.6 Å². The lowest BCUT2D eigenvalue weighted by Crippen LogP contribution is -2.43. The van der Waals surface area contributed by atoms with Crippen LogP contribution in [0, 0.1) is 0 Å². The molecule has 1 rings (SSSR count). The molecule has 1 aromatic rings. The van der Waals surface area contributed by atoms with Gasteiger partial charge in [0.2, 0.25) is 5.91 Å². The molecule has 0 aliphatic rings. The lowest BCUT2D eigenvalue weighted by molar-refractivity contribution is -0.142. The summed E-state index contributed by atoms with van der Waals surface area (Å²) in [5, 5.41) is 22.1. The summed E-state index contributed by atoms with van der Waals surface area (Å²) in [7, 11) is 0. The fraction of sp³-hybridized carbons (Fsp3) is 0.417. The third-order valence-electron chi connectivity index (χ3n) is 2.43. The average molecular weight is 284 g/mol. The number of rotatable bonds is 8. The predicted octanol–water partition coefficient (Wildman–Crippen LogP) is -0.649. The first-order valence-electron chi connectivity index (χ1n) is 5.99. The molecule has 0 spiro atoms. The van der Waals surface area contributed by atoms with Gasteiger partial charge in [0.05, 0.1) is 12.9 Å². The summed E-state index contributed by atoms with van der Waals surface area (Å²) < 4.78 is 4.88. The van der Waals surface area contributed by atoms with E-state index in [0.29, 0.717) is 6.42 Å². The maximum atomic E-state index is 11.4. The Bertz CT molecular complexity index is 457. The van der Waals surface area contributed by atoms with E-state index >= 15 is 0 Å². The van der Waals surface area contributed by atoms with Crippen molar-refractivity contribution < 1.29 is 29.0 Å². The summed E-state index contributed by atoms with van der Waals surface area (Å²) in [4.78, 5) is 33.4. The molecule has 2 amide bonds. The molecule has 0 saturated carbocycles. The van der Waals surface area contributed by atoms with Gasteiger partial charge in [-0.05, 0) is 18.6 Å². The maximum absolute atomic E-state index is 11.4. The number of carboxylic acids is 1. The van der Waals surface area contributed by atoms with E-state index in [0.717, 1.165) is 0 Å². The van der Waals surface area contributed by atoms with Gasteiger partial charge in [0, 0.05) is 13.0 Å². The second-order valence-electron chi connectivity index (χ2n) is 3.98. The molecule has 4 N–H and O–H groups in total. The van der Waals surface area contributed by atoms with Crippen LogP contribution in [0.25, 0.3) is 0 Å². The molecular formula is C12H16N2O6. The van der Waals surface area contributed by atoms with Gasteiger partial charge in [0.1, 0.15) is 6.04 Å². The molecule has 110 valence electrons. The maximum Gasteiger partial charge on any atom is 0.328 e. The largest absolute Gasteiger partial charge is 0.480 e. The van der Waals surface area contributed by atoms with Crippen LogP contribution < -0.4 is 10.6 Å². The van der Waals surface area contributed by atoms with E-state index < -0.39 is 24.5 Å². The Balaban J connectivity index is 2.19. The average Bonchev–Trinajstić information content (AvgIpc) is 2.94. The van der Waals surface area contributed by atoms with Crippen LogP contribution >= 0.6 is 0 Å². The molecular weight excluding hydrogens is 268 g/mol. The molecule has 0 aliphatic heterocycles. The second kappa shape index (κ2) is 7.95. The fourth-order valence-electron chi connectivity index (χ4n) is 1.40. The van der Waals surface area contributed by atoms with Crippen molar-refractivity contribution in [3.63, 3.8) is 0 Å². The number of aliphatic hydroxyl groups excluding tert-OH is 1. The van der Waals surface area contributed by atoms with Crippen LogP contribution in [-0.4, -0.2) is 47.2 Å². The monoisotopic (exact) mass is 284 g/mol. The number of aliphatic hydroxyl groups is 1. The summed E-state index contributed by atoms with van der Waals surface area (Å²) in [5.41, 5.74) is 0. The standard InChI is InChI=1S/C12H16N2O6/c15-7-8(12(18)19)14-10(16)4-1-5-13-11(17)9-3-2-6-20-9/h2-3,6,8,15H,1,4-5,7H2,(H,13,17)(H,14,16)(H,18,19). The topological polar surface area (TPSA) is 129 Å². The summed E-state index contributed by atoms with van der Waals surface area (Å²) in [6.45, 7) is -0.417. The summed E-state index contributed by atoms with van der Waals surface area (Å²) in [5.74, 6) is -2.00. The third kappa shape index (κ3) is 5.11. The summed E-state index contributed by atoms with van der Waals surface area (Å²) in [6.07, 6.45) is 1.77. The number of carbonyl (C=O) groups is 3. The van der Waals surface area contributed by atoms with Crippen LogP contribution in [-0.2, 0) is 9.59 Å². The highest BCUT2D eigenvalue weighted by Gasteiger charge is 2.18. The van der Waals surface area contributed by atoms with Gasteiger partial charge in [-0.2, -0.15) is 0 Å². The molecule has 1 heterocycles. The van der Waals surface area contributed by atoms with Gasteiger partial charge in [-0.1, -0.05) is 0 Å². The molecule has 0 aliphatic carbocycles. The smallest absolute Gasteiger partial charge is 0.328 e. The first kappa shape index (κ1) is 15.7. The molecule has 0 saturated heterocycles. The van der Waals surface area contributed by atoms with Crippen LogP contribution in [0.1, 0.15) is 23.4 Å². The van der Waals surface area contributed by atoms with E-state index in [1.807, 2.05) is 0 Å². The van der Waals surface area contributed by atoms with Gasteiger partial charge in [-0.25, -0.2) is 4.79 Å². The Morgan fingerprint density at radius 1 is 1.35 bits per heavy atom. The fourth-order valence-corrected chi connectivity index (χ4v) is 1.40. The normalized spacial score (nSPS) is 11.7. The molecule has 1 unspecified atom stereocenters. The predicted molar refractivity (Wildman–Crippen MR) is 66.9 cm³/mol. The molecule has 8 heteroatoms. The molecule has 8 nitrogen and oxygen atoms in total. The Morgan fingerprint density at radius 2 is 2.10 bits per heavy atom. The number of carbonyl (C=O) groups excluding carboxylic acids is 2. The van der Waals surface area contributed by atoms with Gasteiger partial charge >= 0.3 is 5.97 Å². The molecule has 1 aromatic heterocycles. The van der Waals surface area contributed by atoms with E-state index in [1.165, 1.54) is 12.3 Å². The zero-order valence-corrected chi connectivity index (χ0v) is 10.7. The molecule has 20 heavy (non-hydrogen) atoms. The van der Waals surface area contributed by atoms with E-state index in [9.17, 15) is 14.4 Å². The van der Waals surface area contributed by atoms with Crippen molar-refractivity contribution in [2.24, 2.45) is 0 Å². The van der Waals surface area contributed by atoms with Crippen molar-refractivity contribution in [2.45, 2.75) is 18.9 Å². The minimum Gasteiger partial charge on any atom is -0.480 e. The number of nitrogens with one attached hydrogen (secondary N) is 2. The summed E-state index contributed by atoms with van der Waals surface area (Å²) >= 11 is 0. The quantitative estimate of drug-likeness (QED) is 0.469. The first-order chi connectivity index (χ1) is 9.54. The lowest BCUT2D eigenvalue weighted by Gasteiger charge is -2.11. The van der Waals surface area contributed by atoms with E-state index in [1.54, 1.807) is 6.07 Å². The van der Waals surface area contributed by atoms with Crippen molar-refractivity contribution in [1.82, 2.24) is 10.6 Å². The molecule has 0 aromatic carbocycles. The highest BCUT2D eigenvalue weighted by Crippen LogP contribution is 1.99. The van der Waals surface area contributed by atoms with Gasteiger partial charge in [-0.15, -0.1) is 0 Å². The van der Waals surface area contributed by atoms with Crippen molar-refractivity contribution in [1.29, 1.82) is 0 Å². The number of furan rings is 1. The Morgan fingerprint density at radius 3 is 2.65 bits per heavy atom. The van der Waals surface area contributed by atoms with Crippen LogP contribution in [0.2, 0.25) is 0 Å². The Hall–Kier alpha value is -2.35. The first-order valence-corrected chi connectivity index (χ1v) is 5.99. The van der Waals surface area contributed by atoms with E-state index in [4.69, 9.17) is 14.6 Å². The molecule has 1 atom stereocenters. The van der Waals surface area contributed by atoms with Crippen LogP contribution in [0.15, 0.2) is 22.8 Å². The third-order valence-corrected chi connectivity index (χ3v) is 2.43. The molecule has 0 bridgehead atoms. The SMILES string of the molecule is O=C(CCCNC(=O)c1ccco1)NC(CO)C(=O)O. The van der Waals surface area contributed by atoms with Gasteiger partial charge in [0.15, 0.2) is 5.76 Å². The zero-order valence-electron chi connectivity index (χ0n) is 10.7. The minimum absolute atomic E-state index is 0.0439. The second-order valence-corrected chi connectivity index (χ2v) is 3.98. The van der Waals surface area contributed by atoms with Gasteiger partial charge in [0.25, 0.3) is 5.91 Å². The number of aliphatic carboxylic acids is 1. The number of hydrogen-bond acceptors (Lipinski definition) is 5. The number of amides is 2. The van der Waals surface area contributed by atoms with Gasteiger partial charge in [-0.3, -0.25) is 9.59 Å².